The standard InChI is InChI=1S/C15H20FN3/c1-2-19(11-12-4-3-5-18-10-12)15-7-13(9-17)6-14(16)8-15/h6-8,12,18H,2-5,10-11H2,1H3. The number of anilines is 1. The summed E-state index contributed by atoms with van der Waals surface area (Å²) in [6.45, 7) is 5.92. The van der Waals surface area contributed by atoms with Gasteiger partial charge in [0.1, 0.15) is 5.82 Å². The van der Waals surface area contributed by atoms with Crippen LogP contribution in [0.1, 0.15) is 25.3 Å². The molecule has 0 spiro atoms. The van der Waals surface area contributed by atoms with Crippen molar-refractivity contribution in [2.75, 3.05) is 31.1 Å². The molecule has 0 saturated carbocycles. The first-order valence-corrected chi connectivity index (χ1v) is 6.89. The van der Waals surface area contributed by atoms with E-state index in [-0.39, 0.29) is 5.82 Å². The second kappa shape index (κ2) is 6.53. The summed E-state index contributed by atoms with van der Waals surface area (Å²) in [6, 6.07) is 6.57. The van der Waals surface area contributed by atoms with Crippen molar-refractivity contribution in [3.05, 3.63) is 29.6 Å². The van der Waals surface area contributed by atoms with Gasteiger partial charge in [-0.05, 0) is 57.0 Å². The molecule has 1 aromatic rings. The number of piperidine rings is 1. The van der Waals surface area contributed by atoms with Crippen LogP contribution in [0.5, 0.6) is 0 Å². The van der Waals surface area contributed by atoms with Crippen LogP contribution in [0.2, 0.25) is 0 Å². The normalized spacial score (nSPS) is 18.9. The third-order valence-electron chi connectivity index (χ3n) is 3.64. The third-order valence-corrected chi connectivity index (χ3v) is 3.64. The lowest BCUT2D eigenvalue weighted by atomic mass is 9.98. The molecule has 0 bridgehead atoms. The van der Waals surface area contributed by atoms with Crippen molar-refractivity contribution in [3.63, 3.8) is 0 Å². The fourth-order valence-electron chi connectivity index (χ4n) is 2.63. The number of hydrogen-bond acceptors (Lipinski definition) is 3. The lowest BCUT2D eigenvalue weighted by Gasteiger charge is -2.31. The zero-order valence-electron chi connectivity index (χ0n) is 11.3. The highest BCUT2D eigenvalue weighted by Gasteiger charge is 2.17. The molecule has 1 unspecified atom stereocenters. The summed E-state index contributed by atoms with van der Waals surface area (Å²) in [5.74, 6) is 0.261. The number of benzene rings is 1. The molecule has 19 heavy (non-hydrogen) atoms. The lowest BCUT2D eigenvalue weighted by Crippen LogP contribution is -2.38. The first kappa shape index (κ1) is 13.8. The molecule has 1 saturated heterocycles. The molecule has 1 N–H and O–H groups in total. The van der Waals surface area contributed by atoms with Gasteiger partial charge in [0.25, 0.3) is 0 Å². The van der Waals surface area contributed by atoms with E-state index in [1.165, 1.54) is 25.0 Å². The van der Waals surface area contributed by atoms with E-state index in [9.17, 15) is 4.39 Å². The van der Waals surface area contributed by atoms with E-state index in [2.05, 4.69) is 17.1 Å². The Morgan fingerprint density at radius 3 is 2.95 bits per heavy atom. The van der Waals surface area contributed by atoms with Crippen molar-refractivity contribution in [1.82, 2.24) is 5.32 Å². The van der Waals surface area contributed by atoms with Crippen molar-refractivity contribution >= 4 is 5.69 Å². The summed E-state index contributed by atoms with van der Waals surface area (Å²) in [5.41, 5.74) is 1.19. The van der Waals surface area contributed by atoms with Crippen molar-refractivity contribution in [1.29, 1.82) is 5.26 Å². The predicted molar refractivity (Wildman–Crippen MR) is 74.6 cm³/mol. The van der Waals surface area contributed by atoms with E-state index >= 15 is 0 Å². The van der Waals surface area contributed by atoms with E-state index in [4.69, 9.17) is 5.26 Å². The van der Waals surface area contributed by atoms with Gasteiger partial charge in [-0.25, -0.2) is 4.39 Å². The SMILES string of the molecule is CCN(CC1CCCNC1)c1cc(F)cc(C#N)c1. The van der Waals surface area contributed by atoms with E-state index in [0.29, 0.717) is 11.5 Å². The van der Waals surface area contributed by atoms with Gasteiger partial charge in [0.05, 0.1) is 11.6 Å². The van der Waals surface area contributed by atoms with Crippen molar-refractivity contribution in [2.24, 2.45) is 5.92 Å². The fourth-order valence-corrected chi connectivity index (χ4v) is 2.63. The summed E-state index contributed by atoms with van der Waals surface area (Å²) in [7, 11) is 0. The highest BCUT2D eigenvalue weighted by molar-refractivity contribution is 5.52. The molecule has 1 heterocycles. The molecule has 2 rings (SSSR count). The van der Waals surface area contributed by atoms with Gasteiger partial charge in [-0.2, -0.15) is 5.26 Å². The maximum atomic E-state index is 13.5. The van der Waals surface area contributed by atoms with Crippen LogP contribution in [0.3, 0.4) is 0 Å². The van der Waals surface area contributed by atoms with Crippen LogP contribution in [-0.4, -0.2) is 26.2 Å². The Hall–Kier alpha value is -1.60. The molecule has 1 aliphatic rings. The molecule has 0 amide bonds. The molecule has 102 valence electrons. The van der Waals surface area contributed by atoms with Crippen LogP contribution in [0.15, 0.2) is 18.2 Å². The number of rotatable bonds is 4. The molecule has 1 aromatic carbocycles. The quantitative estimate of drug-likeness (QED) is 0.905. The molecule has 1 aliphatic heterocycles. The molecule has 3 nitrogen and oxygen atoms in total. The van der Waals surface area contributed by atoms with E-state index in [0.717, 1.165) is 31.9 Å². The third kappa shape index (κ3) is 3.68. The highest BCUT2D eigenvalue weighted by atomic mass is 19.1. The summed E-state index contributed by atoms with van der Waals surface area (Å²) in [6.07, 6.45) is 2.42. The summed E-state index contributed by atoms with van der Waals surface area (Å²) < 4.78 is 13.5. The van der Waals surface area contributed by atoms with Crippen LogP contribution in [0, 0.1) is 23.1 Å². The maximum Gasteiger partial charge on any atom is 0.126 e. The number of hydrogen-bond donors (Lipinski definition) is 1. The predicted octanol–water partition coefficient (Wildman–Crippen LogP) is 2.52. The smallest absolute Gasteiger partial charge is 0.126 e. The number of nitriles is 1. The van der Waals surface area contributed by atoms with Gasteiger partial charge in [0, 0.05) is 18.8 Å². The molecule has 1 atom stereocenters. The highest BCUT2D eigenvalue weighted by Crippen LogP contribution is 2.21. The number of nitrogens with one attached hydrogen (secondary N) is 1. The molecular weight excluding hydrogens is 241 g/mol. The molecule has 1 fully saturated rings. The Bertz CT molecular complexity index is 461. The van der Waals surface area contributed by atoms with Crippen molar-refractivity contribution in [2.45, 2.75) is 19.8 Å². The molecule has 4 heteroatoms. The Kier molecular flexibility index (Phi) is 4.75. The minimum atomic E-state index is -0.339. The van der Waals surface area contributed by atoms with E-state index in [1.807, 2.05) is 6.07 Å². The Labute approximate surface area is 114 Å². The second-order valence-electron chi connectivity index (χ2n) is 5.06. The second-order valence-corrected chi connectivity index (χ2v) is 5.06. The summed E-state index contributed by atoms with van der Waals surface area (Å²) >= 11 is 0. The fraction of sp³-hybridized carbons (Fsp3) is 0.533. The molecule has 0 aliphatic carbocycles. The van der Waals surface area contributed by atoms with Gasteiger partial charge in [-0.1, -0.05) is 0 Å². The van der Waals surface area contributed by atoms with Gasteiger partial charge >= 0.3 is 0 Å². The number of nitrogens with zero attached hydrogens (tertiary/aromatic N) is 2. The van der Waals surface area contributed by atoms with Gasteiger partial charge in [0.2, 0.25) is 0 Å². The first-order chi connectivity index (χ1) is 9.22. The lowest BCUT2D eigenvalue weighted by molar-refractivity contribution is 0.378. The van der Waals surface area contributed by atoms with Crippen LogP contribution in [0.25, 0.3) is 0 Å². The Morgan fingerprint density at radius 2 is 2.32 bits per heavy atom. The first-order valence-electron chi connectivity index (χ1n) is 6.89. The van der Waals surface area contributed by atoms with E-state index < -0.39 is 0 Å². The van der Waals surface area contributed by atoms with Gasteiger partial charge in [0.15, 0.2) is 0 Å². The average molecular weight is 261 g/mol. The largest absolute Gasteiger partial charge is 0.371 e. The van der Waals surface area contributed by atoms with Crippen molar-refractivity contribution < 1.29 is 4.39 Å². The average Bonchev–Trinajstić information content (AvgIpc) is 2.45. The van der Waals surface area contributed by atoms with Crippen LogP contribution in [0.4, 0.5) is 10.1 Å². The van der Waals surface area contributed by atoms with Crippen molar-refractivity contribution in [3.8, 4) is 6.07 Å². The van der Waals surface area contributed by atoms with Crippen LogP contribution < -0.4 is 10.2 Å². The van der Waals surface area contributed by atoms with Gasteiger partial charge in [-0.3, -0.25) is 0 Å². The van der Waals surface area contributed by atoms with Gasteiger partial charge in [-0.15, -0.1) is 0 Å². The summed E-state index contributed by atoms with van der Waals surface area (Å²) in [4.78, 5) is 2.15. The topological polar surface area (TPSA) is 39.1 Å². The molecule has 0 radical (unpaired) electrons. The van der Waals surface area contributed by atoms with Crippen LogP contribution >= 0.6 is 0 Å². The maximum absolute atomic E-state index is 13.5. The monoisotopic (exact) mass is 261 g/mol. The van der Waals surface area contributed by atoms with Crippen LogP contribution in [-0.2, 0) is 0 Å². The Balaban J connectivity index is 2.12. The minimum absolute atomic E-state index is 0.339. The molecule has 0 aromatic heterocycles. The number of halogens is 1. The Morgan fingerprint density at radius 1 is 1.47 bits per heavy atom. The zero-order chi connectivity index (χ0) is 13.7. The minimum Gasteiger partial charge on any atom is -0.371 e. The molecular formula is C15H20FN3. The summed E-state index contributed by atoms with van der Waals surface area (Å²) in [5, 5.41) is 12.3. The van der Waals surface area contributed by atoms with E-state index in [1.54, 1.807) is 6.07 Å². The van der Waals surface area contributed by atoms with Gasteiger partial charge < -0.3 is 10.2 Å². The zero-order valence-corrected chi connectivity index (χ0v) is 11.3.